The highest BCUT2D eigenvalue weighted by molar-refractivity contribution is 7.99. The fraction of sp³-hybridized carbons (Fsp3) is 0.667. The van der Waals surface area contributed by atoms with E-state index >= 15 is 0 Å². The van der Waals surface area contributed by atoms with Crippen molar-refractivity contribution in [2.75, 3.05) is 5.75 Å². The van der Waals surface area contributed by atoms with Gasteiger partial charge in [-0.05, 0) is 56.2 Å². The maximum absolute atomic E-state index is 6.48. The zero-order chi connectivity index (χ0) is 14.7. The van der Waals surface area contributed by atoms with Crippen LogP contribution in [0.5, 0.6) is 0 Å². The molecule has 0 radical (unpaired) electrons. The molecule has 1 saturated carbocycles. The average Bonchev–Trinajstić information content (AvgIpc) is 2.35. The number of rotatable bonds is 4. The summed E-state index contributed by atoms with van der Waals surface area (Å²) in [6.07, 6.45) is 5.58. The molecule has 20 heavy (non-hydrogen) atoms. The molecule has 0 aromatic heterocycles. The van der Waals surface area contributed by atoms with Crippen LogP contribution in [0.2, 0.25) is 0 Å². The van der Waals surface area contributed by atoms with Crippen molar-refractivity contribution in [3.8, 4) is 0 Å². The fourth-order valence-electron chi connectivity index (χ4n) is 3.63. The summed E-state index contributed by atoms with van der Waals surface area (Å²) < 4.78 is 0. The van der Waals surface area contributed by atoms with E-state index in [1.54, 1.807) is 0 Å². The quantitative estimate of drug-likeness (QED) is 0.851. The summed E-state index contributed by atoms with van der Waals surface area (Å²) in [5.74, 6) is 1.96. The Balaban J connectivity index is 1.96. The summed E-state index contributed by atoms with van der Waals surface area (Å²) in [6, 6.07) is 4.70. The molecule has 1 aliphatic carbocycles. The van der Waals surface area contributed by atoms with Crippen molar-refractivity contribution in [2.24, 2.45) is 11.7 Å². The first kappa shape index (κ1) is 15.9. The van der Waals surface area contributed by atoms with E-state index in [4.69, 9.17) is 5.73 Å². The molecule has 3 atom stereocenters. The molecular weight excluding hydrogens is 262 g/mol. The Labute approximate surface area is 128 Å². The fourth-order valence-corrected chi connectivity index (χ4v) is 5.07. The predicted molar refractivity (Wildman–Crippen MR) is 91.5 cm³/mol. The molecule has 1 aromatic carbocycles. The van der Waals surface area contributed by atoms with Crippen LogP contribution in [0.3, 0.4) is 0 Å². The third kappa shape index (κ3) is 4.02. The van der Waals surface area contributed by atoms with Crippen molar-refractivity contribution < 1.29 is 0 Å². The molecule has 1 nitrogen and oxygen atoms in total. The van der Waals surface area contributed by atoms with Crippen molar-refractivity contribution in [1.29, 1.82) is 0 Å². The van der Waals surface area contributed by atoms with E-state index in [9.17, 15) is 0 Å². The zero-order valence-electron chi connectivity index (χ0n) is 13.4. The van der Waals surface area contributed by atoms with Gasteiger partial charge in [-0.1, -0.05) is 37.5 Å². The van der Waals surface area contributed by atoms with Gasteiger partial charge in [0.15, 0.2) is 0 Å². The summed E-state index contributed by atoms with van der Waals surface area (Å²) in [7, 11) is 0. The normalized spacial score (nSPS) is 24.6. The first-order valence-electron chi connectivity index (χ1n) is 7.92. The summed E-state index contributed by atoms with van der Waals surface area (Å²) in [6.45, 7) is 8.94. The van der Waals surface area contributed by atoms with Gasteiger partial charge in [-0.15, -0.1) is 0 Å². The van der Waals surface area contributed by atoms with Crippen LogP contribution in [0, 0.1) is 26.7 Å². The van der Waals surface area contributed by atoms with Crippen molar-refractivity contribution in [2.45, 2.75) is 64.7 Å². The number of aryl methyl sites for hydroxylation is 3. The van der Waals surface area contributed by atoms with Crippen molar-refractivity contribution in [1.82, 2.24) is 0 Å². The Bertz CT molecular complexity index is 432. The van der Waals surface area contributed by atoms with Gasteiger partial charge >= 0.3 is 0 Å². The lowest BCUT2D eigenvalue weighted by Crippen LogP contribution is -2.20. The summed E-state index contributed by atoms with van der Waals surface area (Å²) >= 11 is 2.10. The topological polar surface area (TPSA) is 26.0 Å². The van der Waals surface area contributed by atoms with Crippen molar-refractivity contribution in [3.63, 3.8) is 0 Å². The molecular formula is C18H29NS. The molecule has 2 rings (SSSR count). The number of hydrogen-bond acceptors (Lipinski definition) is 2. The van der Waals surface area contributed by atoms with Crippen molar-refractivity contribution in [3.05, 3.63) is 34.4 Å². The smallest absolute Gasteiger partial charge is 0.0392 e. The molecule has 0 heterocycles. The van der Waals surface area contributed by atoms with Gasteiger partial charge in [-0.25, -0.2) is 0 Å². The van der Waals surface area contributed by atoms with Gasteiger partial charge in [0.1, 0.15) is 0 Å². The first-order chi connectivity index (χ1) is 9.47. The molecule has 0 saturated heterocycles. The lowest BCUT2D eigenvalue weighted by Gasteiger charge is -2.27. The van der Waals surface area contributed by atoms with Crippen molar-refractivity contribution >= 4 is 11.8 Å². The number of benzene rings is 1. The zero-order valence-corrected chi connectivity index (χ0v) is 14.2. The van der Waals surface area contributed by atoms with Crippen LogP contribution >= 0.6 is 11.8 Å². The maximum atomic E-state index is 6.48. The number of nitrogens with two attached hydrogens (primary N) is 1. The Morgan fingerprint density at radius 3 is 2.45 bits per heavy atom. The van der Waals surface area contributed by atoms with Gasteiger partial charge in [0.05, 0.1) is 0 Å². The maximum Gasteiger partial charge on any atom is 0.0392 e. The Morgan fingerprint density at radius 2 is 1.85 bits per heavy atom. The van der Waals surface area contributed by atoms with Gasteiger partial charge < -0.3 is 5.73 Å². The van der Waals surface area contributed by atoms with Crippen LogP contribution in [-0.4, -0.2) is 11.0 Å². The second kappa shape index (κ2) is 7.00. The van der Waals surface area contributed by atoms with Gasteiger partial charge in [-0.2, -0.15) is 11.8 Å². The molecule has 0 aliphatic heterocycles. The summed E-state index contributed by atoms with van der Waals surface area (Å²) in [5.41, 5.74) is 11.9. The van der Waals surface area contributed by atoms with Gasteiger partial charge in [0, 0.05) is 17.0 Å². The molecule has 112 valence electrons. The standard InChI is InChI=1S/C18H29NS/c1-12-6-5-7-16(10-12)20-11-17(19)18-14(3)8-13(2)9-15(18)4/h8-9,12,16-17H,5-7,10-11,19H2,1-4H3. The SMILES string of the molecule is Cc1cc(C)c(C(N)CSC2CCCC(C)C2)c(C)c1. The molecule has 1 aliphatic rings. The van der Waals surface area contributed by atoms with Gasteiger partial charge in [0.2, 0.25) is 0 Å². The average molecular weight is 292 g/mol. The van der Waals surface area contributed by atoms with Gasteiger partial charge in [0.25, 0.3) is 0 Å². The lowest BCUT2D eigenvalue weighted by atomic mass is 9.91. The van der Waals surface area contributed by atoms with E-state index in [-0.39, 0.29) is 6.04 Å². The molecule has 2 N–H and O–H groups in total. The van der Waals surface area contributed by atoms with Crippen LogP contribution in [0.1, 0.15) is 60.9 Å². The number of thioether (sulfide) groups is 1. The summed E-state index contributed by atoms with van der Waals surface area (Å²) in [4.78, 5) is 0. The minimum Gasteiger partial charge on any atom is -0.323 e. The third-order valence-electron chi connectivity index (χ3n) is 4.51. The number of hydrogen-bond donors (Lipinski definition) is 1. The van der Waals surface area contributed by atoms with E-state index in [2.05, 4.69) is 51.6 Å². The second-order valence-electron chi connectivity index (χ2n) is 6.65. The molecule has 1 aromatic rings. The van der Waals surface area contributed by atoms with Crippen LogP contribution in [-0.2, 0) is 0 Å². The monoisotopic (exact) mass is 291 g/mol. The van der Waals surface area contributed by atoms with E-state index in [1.165, 1.54) is 47.9 Å². The molecule has 3 unspecified atom stereocenters. The van der Waals surface area contributed by atoms with E-state index in [0.717, 1.165) is 16.9 Å². The molecule has 0 amide bonds. The summed E-state index contributed by atoms with van der Waals surface area (Å²) in [5, 5.41) is 0.830. The highest BCUT2D eigenvalue weighted by atomic mass is 32.2. The van der Waals surface area contributed by atoms with Gasteiger partial charge in [-0.3, -0.25) is 0 Å². The van der Waals surface area contributed by atoms with E-state index in [1.807, 2.05) is 0 Å². The largest absolute Gasteiger partial charge is 0.323 e. The second-order valence-corrected chi connectivity index (χ2v) is 7.98. The third-order valence-corrected chi connectivity index (χ3v) is 5.96. The Hall–Kier alpha value is -0.470. The van der Waals surface area contributed by atoms with Crippen LogP contribution in [0.4, 0.5) is 0 Å². The first-order valence-corrected chi connectivity index (χ1v) is 8.97. The molecule has 1 fully saturated rings. The molecule has 0 bridgehead atoms. The van der Waals surface area contributed by atoms with E-state index in [0.29, 0.717) is 0 Å². The lowest BCUT2D eigenvalue weighted by molar-refractivity contribution is 0.394. The Morgan fingerprint density at radius 1 is 1.20 bits per heavy atom. The minimum absolute atomic E-state index is 0.179. The Kier molecular flexibility index (Phi) is 5.57. The van der Waals surface area contributed by atoms with Crippen LogP contribution in [0.15, 0.2) is 12.1 Å². The molecule has 2 heteroatoms. The molecule has 0 spiro atoms. The predicted octanol–water partition coefficient (Wildman–Crippen LogP) is 4.92. The highest BCUT2D eigenvalue weighted by Gasteiger charge is 2.21. The minimum atomic E-state index is 0.179. The van der Waals surface area contributed by atoms with Crippen LogP contribution < -0.4 is 5.73 Å². The van der Waals surface area contributed by atoms with E-state index < -0.39 is 0 Å². The highest BCUT2D eigenvalue weighted by Crippen LogP contribution is 2.34. The van der Waals surface area contributed by atoms with Crippen LogP contribution in [0.25, 0.3) is 0 Å².